The van der Waals surface area contributed by atoms with Crippen molar-refractivity contribution in [2.75, 3.05) is 31.6 Å². The smallest absolute Gasteiger partial charge is 0.153 e. The Bertz CT molecular complexity index is 513. The van der Waals surface area contributed by atoms with E-state index in [1.807, 2.05) is 7.05 Å². The van der Waals surface area contributed by atoms with Gasteiger partial charge in [-0.2, -0.15) is 0 Å². The summed E-state index contributed by atoms with van der Waals surface area (Å²) in [5.41, 5.74) is 0. The van der Waals surface area contributed by atoms with Crippen LogP contribution in [0.2, 0.25) is 0 Å². The molecule has 0 saturated carbocycles. The minimum absolute atomic E-state index is 0.110. The molecule has 100 valence electrons. The molecule has 2 fully saturated rings. The standard InChI is InChI=1S/C11H18N4O2S/c1-14-4-5-15(6-11-12-2-3-13-11)10-8-18(16,17)7-9(10)14/h2-3,9-10H,4-8H2,1H3,(H,12,13)/t9-,10+/m1/s1. The van der Waals surface area contributed by atoms with Crippen LogP contribution in [0.3, 0.4) is 0 Å². The molecule has 2 atom stereocenters. The number of fused-ring (bicyclic) bond motifs is 1. The number of rotatable bonds is 2. The number of H-pyrrole nitrogens is 1. The Balaban J connectivity index is 1.80. The monoisotopic (exact) mass is 270 g/mol. The Labute approximate surface area is 107 Å². The summed E-state index contributed by atoms with van der Waals surface area (Å²) in [5, 5.41) is 0. The van der Waals surface area contributed by atoms with Crippen molar-refractivity contribution < 1.29 is 8.42 Å². The van der Waals surface area contributed by atoms with Crippen LogP contribution >= 0.6 is 0 Å². The van der Waals surface area contributed by atoms with Crippen LogP contribution in [0, 0.1) is 0 Å². The third-order valence-corrected chi connectivity index (χ3v) is 5.68. The molecule has 0 aromatic carbocycles. The predicted molar refractivity (Wildman–Crippen MR) is 67.9 cm³/mol. The third kappa shape index (κ3) is 2.17. The largest absolute Gasteiger partial charge is 0.348 e. The molecule has 2 aliphatic heterocycles. The maximum Gasteiger partial charge on any atom is 0.153 e. The van der Waals surface area contributed by atoms with E-state index in [4.69, 9.17) is 0 Å². The molecule has 7 heteroatoms. The number of aromatic nitrogens is 2. The van der Waals surface area contributed by atoms with Crippen molar-refractivity contribution in [3.63, 3.8) is 0 Å². The van der Waals surface area contributed by atoms with Gasteiger partial charge in [0.15, 0.2) is 9.84 Å². The summed E-state index contributed by atoms with van der Waals surface area (Å²) in [4.78, 5) is 11.7. The summed E-state index contributed by atoms with van der Waals surface area (Å²) >= 11 is 0. The first-order valence-corrected chi connectivity index (χ1v) is 8.00. The predicted octanol–water partition coefficient (Wildman–Crippen LogP) is -0.677. The molecule has 6 nitrogen and oxygen atoms in total. The second-order valence-corrected chi connectivity index (χ2v) is 7.35. The fraction of sp³-hybridized carbons (Fsp3) is 0.727. The van der Waals surface area contributed by atoms with E-state index in [0.717, 1.165) is 18.9 Å². The van der Waals surface area contributed by atoms with Gasteiger partial charge in [0, 0.05) is 37.6 Å². The molecule has 1 aromatic rings. The van der Waals surface area contributed by atoms with Crippen LogP contribution in [0.4, 0.5) is 0 Å². The summed E-state index contributed by atoms with van der Waals surface area (Å²) in [6.07, 6.45) is 3.53. The number of hydrogen-bond acceptors (Lipinski definition) is 5. The molecular formula is C11H18N4O2S. The van der Waals surface area contributed by atoms with Crippen LogP contribution in [-0.2, 0) is 16.4 Å². The maximum absolute atomic E-state index is 11.8. The third-order valence-electron chi connectivity index (χ3n) is 3.98. The molecule has 2 aliphatic rings. The van der Waals surface area contributed by atoms with Crippen molar-refractivity contribution in [1.82, 2.24) is 19.8 Å². The molecular weight excluding hydrogens is 252 g/mol. The van der Waals surface area contributed by atoms with Crippen LogP contribution in [0.5, 0.6) is 0 Å². The fourth-order valence-electron chi connectivity index (χ4n) is 2.97. The first-order valence-electron chi connectivity index (χ1n) is 6.18. The molecule has 0 spiro atoms. The minimum Gasteiger partial charge on any atom is -0.348 e. The van der Waals surface area contributed by atoms with Crippen molar-refractivity contribution in [1.29, 1.82) is 0 Å². The number of nitrogens with zero attached hydrogens (tertiary/aromatic N) is 3. The SMILES string of the molecule is CN1CCN(Cc2ncc[nH]2)[C@H]2CS(=O)(=O)C[C@H]21. The van der Waals surface area contributed by atoms with Crippen molar-refractivity contribution in [2.45, 2.75) is 18.6 Å². The summed E-state index contributed by atoms with van der Waals surface area (Å²) in [5.74, 6) is 1.48. The molecule has 3 heterocycles. The van der Waals surface area contributed by atoms with E-state index in [1.54, 1.807) is 12.4 Å². The number of nitrogens with one attached hydrogen (secondary N) is 1. The Hall–Kier alpha value is -0.920. The zero-order chi connectivity index (χ0) is 12.8. The van der Waals surface area contributed by atoms with Gasteiger partial charge in [0.25, 0.3) is 0 Å². The van der Waals surface area contributed by atoms with Crippen LogP contribution in [-0.4, -0.2) is 71.9 Å². The molecule has 1 aromatic heterocycles. The van der Waals surface area contributed by atoms with Gasteiger partial charge in [-0.15, -0.1) is 0 Å². The van der Waals surface area contributed by atoms with Gasteiger partial charge in [-0.25, -0.2) is 13.4 Å². The molecule has 3 rings (SSSR count). The molecule has 2 saturated heterocycles. The number of sulfone groups is 1. The lowest BCUT2D eigenvalue weighted by Crippen LogP contribution is -2.57. The second kappa shape index (κ2) is 4.32. The molecule has 0 radical (unpaired) electrons. The fourth-order valence-corrected chi connectivity index (χ4v) is 5.06. The van der Waals surface area contributed by atoms with Crippen LogP contribution in [0.15, 0.2) is 12.4 Å². The average Bonchev–Trinajstić information content (AvgIpc) is 2.89. The van der Waals surface area contributed by atoms with Gasteiger partial charge in [0.05, 0.1) is 18.1 Å². The highest BCUT2D eigenvalue weighted by Gasteiger charge is 2.45. The highest BCUT2D eigenvalue weighted by atomic mass is 32.2. The topological polar surface area (TPSA) is 69.3 Å². The molecule has 0 unspecified atom stereocenters. The average molecular weight is 270 g/mol. The zero-order valence-electron chi connectivity index (χ0n) is 10.4. The summed E-state index contributed by atoms with van der Waals surface area (Å²) in [7, 11) is -0.871. The van der Waals surface area contributed by atoms with E-state index in [2.05, 4.69) is 19.8 Å². The summed E-state index contributed by atoms with van der Waals surface area (Å²) in [6, 6.07) is 0.248. The minimum atomic E-state index is -2.89. The highest BCUT2D eigenvalue weighted by molar-refractivity contribution is 7.91. The summed E-state index contributed by atoms with van der Waals surface area (Å²) in [6.45, 7) is 2.52. The second-order valence-electron chi connectivity index (χ2n) is 5.20. The number of aromatic amines is 1. The molecule has 0 amide bonds. The van der Waals surface area contributed by atoms with E-state index >= 15 is 0 Å². The van der Waals surface area contributed by atoms with Gasteiger partial charge in [0.1, 0.15) is 5.82 Å². The molecule has 18 heavy (non-hydrogen) atoms. The Morgan fingerprint density at radius 3 is 2.89 bits per heavy atom. The van der Waals surface area contributed by atoms with Gasteiger partial charge in [-0.3, -0.25) is 9.80 Å². The Kier molecular flexibility index (Phi) is 2.91. The lowest BCUT2D eigenvalue weighted by Gasteiger charge is -2.41. The van der Waals surface area contributed by atoms with Crippen LogP contribution in [0.25, 0.3) is 0 Å². The van der Waals surface area contributed by atoms with E-state index in [9.17, 15) is 8.42 Å². The van der Waals surface area contributed by atoms with Crippen molar-refractivity contribution in [2.24, 2.45) is 0 Å². The van der Waals surface area contributed by atoms with Gasteiger partial charge in [0.2, 0.25) is 0 Å². The maximum atomic E-state index is 11.8. The summed E-state index contributed by atoms with van der Waals surface area (Å²) < 4.78 is 23.6. The van der Waals surface area contributed by atoms with Gasteiger partial charge >= 0.3 is 0 Å². The highest BCUT2D eigenvalue weighted by Crippen LogP contribution is 2.26. The number of hydrogen-bond donors (Lipinski definition) is 1. The van der Waals surface area contributed by atoms with Gasteiger partial charge in [-0.1, -0.05) is 0 Å². The van der Waals surface area contributed by atoms with E-state index in [-0.39, 0.29) is 17.8 Å². The first-order chi connectivity index (χ1) is 8.55. The first kappa shape index (κ1) is 12.1. The number of piperazine rings is 1. The molecule has 0 bridgehead atoms. The number of likely N-dealkylation sites (N-methyl/N-ethyl adjacent to an activating group) is 1. The normalized spacial score (nSPS) is 32.5. The molecule has 1 N–H and O–H groups in total. The van der Waals surface area contributed by atoms with E-state index in [0.29, 0.717) is 12.3 Å². The Morgan fingerprint density at radius 1 is 1.39 bits per heavy atom. The van der Waals surface area contributed by atoms with Crippen molar-refractivity contribution in [3.05, 3.63) is 18.2 Å². The lowest BCUT2D eigenvalue weighted by atomic mass is 10.1. The van der Waals surface area contributed by atoms with Crippen molar-refractivity contribution in [3.8, 4) is 0 Å². The van der Waals surface area contributed by atoms with Gasteiger partial charge in [-0.05, 0) is 7.05 Å². The van der Waals surface area contributed by atoms with Crippen LogP contribution < -0.4 is 0 Å². The van der Waals surface area contributed by atoms with Gasteiger partial charge < -0.3 is 4.98 Å². The molecule has 0 aliphatic carbocycles. The quantitative estimate of drug-likeness (QED) is 0.771. The lowest BCUT2D eigenvalue weighted by molar-refractivity contribution is 0.0556. The van der Waals surface area contributed by atoms with Crippen molar-refractivity contribution >= 4 is 9.84 Å². The van der Waals surface area contributed by atoms with Crippen LogP contribution in [0.1, 0.15) is 5.82 Å². The van der Waals surface area contributed by atoms with E-state index < -0.39 is 9.84 Å². The Morgan fingerprint density at radius 2 is 2.17 bits per heavy atom. The zero-order valence-corrected chi connectivity index (χ0v) is 11.2. The number of imidazole rings is 1. The van der Waals surface area contributed by atoms with E-state index in [1.165, 1.54) is 0 Å².